The molecule has 1 aliphatic rings. The van der Waals surface area contributed by atoms with Crippen LogP contribution in [0, 0.1) is 25.7 Å². The molecule has 1 aliphatic carbocycles. The third-order valence-corrected chi connectivity index (χ3v) is 5.87. The van der Waals surface area contributed by atoms with Crippen LogP contribution in [0.5, 0.6) is 0 Å². The van der Waals surface area contributed by atoms with Crippen LogP contribution < -0.4 is 10.6 Å². The first-order valence-electron chi connectivity index (χ1n) is 12.6. The van der Waals surface area contributed by atoms with Crippen molar-refractivity contribution in [3.63, 3.8) is 0 Å². The first-order valence-corrected chi connectivity index (χ1v) is 12.6. The topological polar surface area (TPSA) is 87.7 Å². The quantitative estimate of drug-likeness (QED) is 0.564. The van der Waals surface area contributed by atoms with Gasteiger partial charge in [0, 0.05) is 11.6 Å². The van der Waals surface area contributed by atoms with E-state index in [0.717, 1.165) is 23.1 Å². The summed E-state index contributed by atoms with van der Waals surface area (Å²) in [4.78, 5) is 42.2. The van der Waals surface area contributed by atoms with Crippen molar-refractivity contribution in [1.29, 1.82) is 0 Å². The van der Waals surface area contributed by atoms with Crippen molar-refractivity contribution in [3.05, 3.63) is 34.9 Å². The number of ether oxygens (including phenoxy) is 1. The molecule has 7 nitrogen and oxygen atoms in total. The highest BCUT2D eigenvalue weighted by atomic mass is 16.6. The maximum Gasteiger partial charge on any atom is 0.408 e. The molecule has 0 saturated heterocycles. The van der Waals surface area contributed by atoms with E-state index < -0.39 is 29.3 Å². The SMILES string of the molecule is Cc1cc(C)cc(C(C(=O)NC(C)(C)C)N(C(=O)C(NC(=O)OC(C)(C)C)C(C)C)C2CC2C)c1. The van der Waals surface area contributed by atoms with E-state index >= 15 is 0 Å². The molecule has 1 aromatic rings. The standard InChI is InChI=1S/C28H45N3O4/c1-16(2)22(29-26(34)35-28(9,10)11)25(33)31(21-15-19(21)5)23(24(32)30-27(6,7)8)20-13-17(3)12-18(4)14-20/h12-14,16,19,21-23H,15H2,1-11H3,(H,29,34)(H,30,32). The number of alkyl carbamates (subject to hydrolysis) is 1. The van der Waals surface area contributed by atoms with E-state index in [9.17, 15) is 14.4 Å². The minimum Gasteiger partial charge on any atom is -0.444 e. The van der Waals surface area contributed by atoms with Crippen molar-refractivity contribution < 1.29 is 19.1 Å². The van der Waals surface area contributed by atoms with E-state index in [0.29, 0.717) is 0 Å². The van der Waals surface area contributed by atoms with Crippen molar-refractivity contribution in [2.24, 2.45) is 11.8 Å². The molecular weight excluding hydrogens is 442 g/mol. The molecule has 2 rings (SSSR count). The first kappa shape index (κ1) is 28.7. The second kappa shape index (κ2) is 10.6. The van der Waals surface area contributed by atoms with Gasteiger partial charge in [0.15, 0.2) is 0 Å². The number of nitrogens with zero attached hydrogens (tertiary/aromatic N) is 1. The fourth-order valence-electron chi connectivity index (χ4n) is 4.32. The fraction of sp³-hybridized carbons (Fsp3) is 0.679. The van der Waals surface area contributed by atoms with E-state index in [4.69, 9.17) is 4.74 Å². The van der Waals surface area contributed by atoms with Gasteiger partial charge in [0.1, 0.15) is 17.7 Å². The summed E-state index contributed by atoms with van der Waals surface area (Å²) in [5.41, 5.74) is 1.67. The van der Waals surface area contributed by atoms with E-state index in [1.54, 1.807) is 25.7 Å². The molecule has 196 valence electrons. The number of carbonyl (C=O) groups excluding carboxylic acids is 3. The van der Waals surface area contributed by atoms with Gasteiger partial charge in [0.2, 0.25) is 11.8 Å². The van der Waals surface area contributed by atoms with Gasteiger partial charge >= 0.3 is 6.09 Å². The Morgan fingerprint density at radius 2 is 1.51 bits per heavy atom. The van der Waals surface area contributed by atoms with Gasteiger partial charge in [-0.15, -0.1) is 0 Å². The summed E-state index contributed by atoms with van der Waals surface area (Å²) < 4.78 is 5.44. The van der Waals surface area contributed by atoms with Gasteiger partial charge in [-0.2, -0.15) is 0 Å². The second-order valence-electron chi connectivity index (χ2n) is 12.5. The fourth-order valence-corrected chi connectivity index (χ4v) is 4.32. The third kappa shape index (κ3) is 8.25. The summed E-state index contributed by atoms with van der Waals surface area (Å²) in [6.07, 6.45) is 0.169. The molecule has 4 unspecified atom stereocenters. The molecule has 0 bridgehead atoms. The van der Waals surface area contributed by atoms with E-state index in [1.807, 2.05) is 60.6 Å². The summed E-state index contributed by atoms with van der Waals surface area (Å²) in [5, 5.41) is 5.87. The molecule has 7 heteroatoms. The average Bonchev–Trinajstić information content (AvgIpc) is 3.35. The average molecular weight is 488 g/mol. The maximum atomic E-state index is 14.1. The Kier molecular flexibility index (Phi) is 8.67. The number of aryl methyl sites for hydroxylation is 2. The highest BCUT2D eigenvalue weighted by molar-refractivity contribution is 5.93. The number of hydrogen-bond acceptors (Lipinski definition) is 4. The third-order valence-electron chi connectivity index (χ3n) is 5.87. The Balaban J connectivity index is 2.55. The molecule has 4 atom stereocenters. The highest BCUT2D eigenvalue weighted by Gasteiger charge is 2.49. The summed E-state index contributed by atoms with van der Waals surface area (Å²) in [6, 6.07) is 4.28. The van der Waals surface area contributed by atoms with Crippen molar-refractivity contribution in [2.45, 2.75) is 112 Å². The lowest BCUT2D eigenvalue weighted by atomic mass is 9.95. The van der Waals surface area contributed by atoms with Crippen LogP contribution in [0.4, 0.5) is 4.79 Å². The lowest BCUT2D eigenvalue weighted by molar-refractivity contribution is -0.144. The number of benzene rings is 1. The molecule has 1 saturated carbocycles. The Morgan fingerprint density at radius 3 is 1.91 bits per heavy atom. The van der Waals surface area contributed by atoms with Crippen LogP contribution in [0.3, 0.4) is 0 Å². The molecule has 0 heterocycles. The largest absolute Gasteiger partial charge is 0.444 e. The lowest BCUT2D eigenvalue weighted by Crippen LogP contribution is -2.57. The Labute approximate surface area is 211 Å². The predicted molar refractivity (Wildman–Crippen MR) is 139 cm³/mol. The molecule has 1 fully saturated rings. The zero-order chi connectivity index (χ0) is 26.9. The van der Waals surface area contributed by atoms with Gasteiger partial charge in [-0.3, -0.25) is 9.59 Å². The van der Waals surface area contributed by atoms with Crippen LogP contribution in [-0.4, -0.2) is 46.0 Å². The smallest absolute Gasteiger partial charge is 0.408 e. The van der Waals surface area contributed by atoms with Crippen molar-refractivity contribution in [2.75, 3.05) is 0 Å². The molecule has 2 N–H and O–H groups in total. The lowest BCUT2D eigenvalue weighted by Gasteiger charge is -2.37. The molecule has 0 radical (unpaired) electrons. The highest BCUT2D eigenvalue weighted by Crippen LogP contribution is 2.41. The van der Waals surface area contributed by atoms with Crippen LogP contribution in [-0.2, 0) is 14.3 Å². The number of hydrogen-bond donors (Lipinski definition) is 2. The minimum absolute atomic E-state index is 0.0827. The van der Waals surface area contributed by atoms with E-state index in [2.05, 4.69) is 23.6 Å². The van der Waals surface area contributed by atoms with E-state index in [-0.39, 0.29) is 29.7 Å². The van der Waals surface area contributed by atoms with Crippen molar-refractivity contribution >= 4 is 17.9 Å². The summed E-state index contributed by atoms with van der Waals surface area (Å²) >= 11 is 0. The predicted octanol–water partition coefficient (Wildman–Crippen LogP) is 5.05. The van der Waals surface area contributed by atoms with Crippen LogP contribution in [0.2, 0.25) is 0 Å². The second-order valence-corrected chi connectivity index (χ2v) is 12.5. The van der Waals surface area contributed by atoms with Gasteiger partial charge in [-0.25, -0.2) is 4.79 Å². The Bertz CT molecular complexity index is 922. The summed E-state index contributed by atoms with van der Waals surface area (Å²) in [6.45, 7) is 21.0. The number of rotatable bonds is 7. The molecule has 0 aromatic heterocycles. The molecule has 35 heavy (non-hydrogen) atoms. The molecule has 0 aliphatic heterocycles. The van der Waals surface area contributed by atoms with Gasteiger partial charge in [0.25, 0.3) is 0 Å². The van der Waals surface area contributed by atoms with Gasteiger partial charge in [-0.1, -0.05) is 50.1 Å². The first-order chi connectivity index (χ1) is 15.9. The molecular formula is C28H45N3O4. The monoisotopic (exact) mass is 487 g/mol. The normalized spacial score (nSPS) is 19.5. The van der Waals surface area contributed by atoms with Crippen molar-refractivity contribution in [1.82, 2.24) is 15.5 Å². The zero-order valence-electron chi connectivity index (χ0n) is 23.4. The van der Waals surface area contributed by atoms with E-state index in [1.165, 1.54) is 0 Å². The minimum atomic E-state index is -0.825. The van der Waals surface area contributed by atoms with Gasteiger partial charge in [-0.05, 0) is 79.2 Å². The maximum absolute atomic E-state index is 14.1. The zero-order valence-corrected chi connectivity index (χ0v) is 23.4. The molecule has 1 aromatic carbocycles. The number of carbonyl (C=O) groups is 3. The van der Waals surface area contributed by atoms with Crippen LogP contribution in [0.15, 0.2) is 18.2 Å². The van der Waals surface area contributed by atoms with Gasteiger partial charge in [0.05, 0.1) is 0 Å². The summed E-state index contributed by atoms with van der Waals surface area (Å²) in [7, 11) is 0. The molecule has 3 amide bonds. The van der Waals surface area contributed by atoms with Crippen LogP contribution in [0.1, 0.15) is 91.5 Å². The van der Waals surface area contributed by atoms with Gasteiger partial charge < -0.3 is 20.3 Å². The molecule has 0 spiro atoms. The Morgan fingerprint density at radius 1 is 1.00 bits per heavy atom. The summed E-state index contributed by atoms with van der Waals surface area (Å²) in [5.74, 6) is -0.426. The van der Waals surface area contributed by atoms with Crippen LogP contribution >= 0.6 is 0 Å². The number of amides is 3. The number of nitrogens with one attached hydrogen (secondary N) is 2. The Hall–Kier alpha value is -2.57. The van der Waals surface area contributed by atoms with Crippen LogP contribution in [0.25, 0.3) is 0 Å². The van der Waals surface area contributed by atoms with Crippen molar-refractivity contribution in [3.8, 4) is 0 Å².